The van der Waals surface area contributed by atoms with Gasteiger partial charge < -0.3 is 48.7 Å². The Morgan fingerprint density at radius 3 is 2.19 bits per heavy atom. The standard InChI is InChI=1S/C22H40N8O7/c23-10-2-1-5-15(20(35)30-12-4-7-16(30)21(36)37)29-19(34)14(6-3-11-27-22(25)26)28-18(33)13(24)8-9-17(31)32/h13-16H,1-12,23-24H2,(H,28,33)(H,29,34)(H,31,32)(H,36,37)(H4,25,26,27). The zero-order valence-electron chi connectivity index (χ0n) is 20.9. The average Bonchev–Trinajstić information content (AvgIpc) is 3.33. The number of amides is 3. The number of hydrogen-bond acceptors (Lipinski definition) is 8. The van der Waals surface area contributed by atoms with Crippen LogP contribution >= 0.6 is 0 Å². The molecule has 0 radical (unpaired) electrons. The number of nitrogens with zero attached hydrogens (tertiary/aromatic N) is 2. The van der Waals surface area contributed by atoms with Crippen LogP contribution in [0.25, 0.3) is 0 Å². The zero-order chi connectivity index (χ0) is 28.0. The minimum absolute atomic E-state index is 0.102. The first-order valence-corrected chi connectivity index (χ1v) is 12.3. The van der Waals surface area contributed by atoms with Gasteiger partial charge in [0.2, 0.25) is 17.7 Å². The molecule has 12 N–H and O–H groups in total. The molecule has 1 heterocycles. The van der Waals surface area contributed by atoms with E-state index < -0.39 is 53.8 Å². The SMILES string of the molecule is NCCCCC(NC(=O)C(CCCN=C(N)N)NC(=O)C(N)CCC(=O)O)C(=O)N1CCCC1C(=O)O. The summed E-state index contributed by atoms with van der Waals surface area (Å²) in [5.41, 5.74) is 22.0. The Kier molecular flexibility index (Phi) is 13.9. The predicted molar refractivity (Wildman–Crippen MR) is 134 cm³/mol. The second kappa shape index (κ2) is 16.3. The second-order valence-electron chi connectivity index (χ2n) is 8.92. The summed E-state index contributed by atoms with van der Waals surface area (Å²) in [7, 11) is 0. The Morgan fingerprint density at radius 2 is 1.59 bits per heavy atom. The fourth-order valence-corrected chi connectivity index (χ4v) is 3.97. The van der Waals surface area contributed by atoms with E-state index in [1.165, 1.54) is 4.90 Å². The number of hydrogen-bond donors (Lipinski definition) is 8. The number of rotatable bonds is 17. The summed E-state index contributed by atoms with van der Waals surface area (Å²) in [4.78, 5) is 66.5. The number of aliphatic imine (C=N–C) groups is 1. The van der Waals surface area contributed by atoms with E-state index in [2.05, 4.69) is 15.6 Å². The van der Waals surface area contributed by atoms with Crippen molar-refractivity contribution < 1.29 is 34.2 Å². The second-order valence-corrected chi connectivity index (χ2v) is 8.92. The summed E-state index contributed by atoms with van der Waals surface area (Å²) >= 11 is 0. The molecule has 0 aromatic carbocycles. The molecule has 15 nitrogen and oxygen atoms in total. The summed E-state index contributed by atoms with van der Waals surface area (Å²) in [6.07, 6.45) is 2.15. The third kappa shape index (κ3) is 11.4. The number of nitrogens with two attached hydrogens (primary N) is 4. The molecule has 4 unspecified atom stereocenters. The normalized spacial score (nSPS) is 17.4. The zero-order valence-corrected chi connectivity index (χ0v) is 20.9. The summed E-state index contributed by atoms with van der Waals surface area (Å²) in [6.45, 7) is 0.824. The molecule has 1 rings (SSSR count). The van der Waals surface area contributed by atoms with Crippen molar-refractivity contribution in [1.82, 2.24) is 15.5 Å². The predicted octanol–water partition coefficient (Wildman–Crippen LogP) is -2.59. The summed E-state index contributed by atoms with van der Waals surface area (Å²) in [5.74, 6) is -4.27. The number of carbonyl (C=O) groups is 5. The molecule has 0 spiro atoms. The van der Waals surface area contributed by atoms with E-state index in [0.717, 1.165) is 0 Å². The molecule has 0 saturated carbocycles. The van der Waals surface area contributed by atoms with Gasteiger partial charge in [0.1, 0.15) is 18.1 Å². The van der Waals surface area contributed by atoms with Crippen LogP contribution < -0.4 is 33.6 Å². The van der Waals surface area contributed by atoms with Gasteiger partial charge in [0.25, 0.3) is 0 Å². The van der Waals surface area contributed by atoms with Crippen molar-refractivity contribution in [2.24, 2.45) is 27.9 Å². The van der Waals surface area contributed by atoms with Crippen LogP contribution in [-0.4, -0.2) is 94.5 Å². The van der Waals surface area contributed by atoms with Gasteiger partial charge in [-0.3, -0.25) is 24.2 Å². The summed E-state index contributed by atoms with van der Waals surface area (Å²) < 4.78 is 0. The lowest BCUT2D eigenvalue weighted by atomic mass is 10.0. The monoisotopic (exact) mass is 528 g/mol. The van der Waals surface area contributed by atoms with E-state index in [-0.39, 0.29) is 44.7 Å². The van der Waals surface area contributed by atoms with Crippen molar-refractivity contribution in [3.05, 3.63) is 0 Å². The highest BCUT2D eigenvalue weighted by Crippen LogP contribution is 2.20. The topological polar surface area (TPSA) is 270 Å². The third-order valence-corrected chi connectivity index (χ3v) is 5.97. The maximum atomic E-state index is 13.2. The first kappa shape index (κ1) is 31.6. The lowest BCUT2D eigenvalue weighted by Gasteiger charge is -2.29. The summed E-state index contributed by atoms with van der Waals surface area (Å²) in [5, 5.41) is 23.5. The van der Waals surface area contributed by atoms with Gasteiger partial charge in [0, 0.05) is 19.5 Å². The number of unbranched alkanes of at least 4 members (excludes halogenated alkanes) is 1. The molecule has 1 fully saturated rings. The van der Waals surface area contributed by atoms with Crippen LogP contribution in [-0.2, 0) is 24.0 Å². The van der Waals surface area contributed by atoms with Crippen LogP contribution in [0, 0.1) is 0 Å². The van der Waals surface area contributed by atoms with Crippen LogP contribution in [0.2, 0.25) is 0 Å². The fraction of sp³-hybridized carbons (Fsp3) is 0.727. The van der Waals surface area contributed by atoms with Crippen molar-refractivity contribution in [3.8, 4) is 0 Å². The Hall–Kier alpha value is -3.46. The number of carboxylic acid groups (broad SMARTS) is 2. The minimum Gasteiger partial charge on any atom is -0.481 e. The van der Waals surface area contributed by atoms with Crippen LogP contribution in [0.3, 0.4) is 0 Å². The number of carbonyl (C=O) groups excluding carboxylic acids is 3. The molecular weight excluding hydrogens is 488 g/mol. The molecule has 15 heteroatoms. The van der Waals surface area contributed by atoms with E-state index in [9.17, 15) is 29.1 Å². The van der Waals surface area contributed by atoms with E-state index in [4.69, 9.17) is 28.0 Å². The van der Waals surface area contributed by atoms with Crippen LogP contribution in [0.1, 0.15) is 57.8 Å². The third-order valence-electron chi connectivity index (χ3n) is 5.97. The number of likely N-dealkylation sites (tertiary alicyclic amines) is 1. The number of nitrogens with one attached hydrogen (secondary N) is 2. The van der Waals surface area contributed by atoms with Crippen molar-refractivity contribution in [2.45, 2.75) is 82.0 Å². The van der Waals surface area contributed by atoms with Gasteiger partial charge in [-0.15, -0.1) is 0 Å². The van der Waals surface area contributed by atoms with Gasteiger partial charge in [0.05, 0.1) is 6.04 Å². The van der Waals surface area contributed by atoms with Crippen LogP contribution in [0.5, 0.6) is 0 Å². The number of carboxylic acids is 2. The molecule has 0 bridgehead atoms. The average molecular weight is 529 g/mol. The van der Waals surface area contributed by atoms with E-state index in [0.29, 0.717) is 38.6 Å². The molecular formula is C22H40N8O7. The molecule has 210 valence electrons. The smallest absolute Gasteiger partial charge is 0.326 e. The molecule has 3 amide bonds. The molecule has 1 aliphatic heterocycles. The van der Waals surface area contributed by atoms with Crippen molar-refractivity contribution in [1.29, 1.82) is 0 Å². The molecule has 1 saturated heterocycles. The Balaban J connectivity index is 3.01. The quantitative estimate of drug-likeness (QED) is 0.0551. The molecule has 37 heavy (non-hydrogen) atoms. The number of aliphatic carboxylic acids is 2. The lowest BCUT2D eigenvalue weighted by molar-refractivity contribution is -0.149. The van der Waals surface area contributed by atoms with Gasteiger partial charge in [-0.1, -0.05) is 0 Å². The molecule has 4 atom stereocenters. The van der Waals surface area contributed by atoms with E-state index in [1.807, 2.05) is 0 Å². The molecule has 1 aliphatic rings. The van der Waals surface area contributed by atoms with Gasteiger partial charge in [-0.25, -0.2) is 4.79 Å². The van der Waals surface area contributed by atoms with Gasteiger partial charge in [-0.05, 0) is 57.9 Å². The highest BCUT2D eigenvalue weighted by molar-refractivity contribution is 5.94. The fourth-order valence-electron chi connectivity index (χ4n) is 3.97. The Morgan fingerprint density at radius 1 is 0.946 bits per heavy atom. The van der Waals surface area contributed by atoms with Crippen LogP contribution in [0.15, 0.2) is 4.99 Å². The van der Waals surface area contributed by atoms with Crippen molar-refractivity contribution in [2.75, 3.05) is 19.6 Å². The Bertz CT molecular complexity index is 834. The highest BCUT2D eigenvalue weighted by Gasteiger charge is 2.38. The minimum atomic E-state index is -1.16. The summed E-state index contributed by atoms with van der Waals surface area (Å²) in [6, 6.07) is -4.26. The molecule has 0 aliphatic carbocycles. The van der Waals surface area contributed by atoms with E-state index in [1.54, 1.807) is 0 Å². The Labute approximate surface area is 215 Å². The molecule has 0 aromatic heterocycles. The first-order chi connectivity index (χ1) is 17.5. The lowest BCUT2D eigenvalue weighted by Crippen LogP contribution is -2.57. The number of guanidine groups is 1. The highest BCUT2D eigenvalue weighted by atomic mass is 16.4. The van der Waals surface area contributed by atoms with E-state index >= 15 is 0 Å². The molecule has 0 aromatic rings. The van der Waals surface area contributed by atoms with Gasteiger partial charge in [-0.2, -0.15) is 0 Å². The first-order valence-electron chi connectivity index (χ1n) is 12.3. The largest absolute Gasteiger partial charge is 0.481 e. The van der Waals surface area contributed by atoms with Gasteiger partial charge >= 0.3 is 11.9 Å². The van der Waals surface area contributed by atoms with Crippen molar-refractivity contribution >= 4 is 35.6 Å². The van der Waals surface area contributed by atoms with Crippen molar-refractivity contribution in [3.63, 3.8) is 0 Å². The maximum absolute atomic E-state index is 13.2. The van der Waals surface area contributed by atoms with Gasteiger partial charge in [0.15, 0.2) is 5.96 Å². The maximum Gasteiger partial charge on any atom is 0.326 e. The van der Waals surface area contributed by atoms with Crippen LogP contribution in [0.4, 0.5) is 0 Å².